The maximum atomic E-state index is 9.68. The van der Waals surface area contributed by atoms with Gasteiger partial charge in [-0.3, -0.25) is 4.90 Å². The molecule has 3 unspecified atom stereocenters. The van der Waals surface area contributed by atoms with Crippen LogP contribution in [0.15, 0.2) is 0 Å². The predicted molar refractivity (Wildman–Crippen MR) is 47.7 cm³/mol. The van der Waals surface area contributed by atoms with Crippen LogP contribution in [0.1, 0.15) is 19.8 Å². The molecule has 1 saturated carbocycles. The molecule has 0 aromatic heterocycles. The molecule has 2 rings (SSSR count). The smallest absolute Gasteiger partial charge is 0.0722 e. The lowest BCUT2D eigenvalue weighted by Crippen LogP contribution is -2.34. The van der Waals surface area contributed by atoms with Crippen molar-refractivity contribution < 1.29 is 5.11 Å². The molecule has 12 heavy (non-hydrogen) atoms. The summed E-state index contributed by atoms with van der Waals surface area (Å²) in [5, 5.41) is 9.68. The lowest BCUT2D eigenvalue weighted by atomic mass is 10.00. The van der Waals surface area contributed by atoms with Crippen LogP contribution in [0.5, 0.6) is 0 Å². The van der Waals surface area contributed by atoms with Crippen molar-refractivity contribution in [2.75, 3.05) is 13.1 Å². The average molecular weight is 170 g/mol. The Morgan fingerprint density at radius 3 is 2.58 bits per heavy atom. The Hall–Kier alpha value is -0.120. The molecule has 3 atom stereocenters. The minimum Gasteiger partial charge on any atom is -0.391 e. The number of β-amino-alcohol motifs (C(OH)–C–C–N with tert-alkyl or cyclic N) is 1. The van der Waals surface area contributed by atoms with Gasteiger partial charge in [0.15, 0.2) is 0 Å². The highest BCUT2D eigenvalue weighted by Gasteiger charge is 2.43. The van der Waals surface area contributed by atoms with E-state index in [1.165, 1.54) is 12.8 Å². The minimum atomic E-state index is -0.189. The van der Waals surface area contributed by atoms with Gasteiger partial charge >= 0.3 is 0 Å². The summed E-state index contributed by atoms with van der Waals surface area (Å²) < 4.78 is 0. The van der Waals surface area contributed by atoms with E-state index in [1.54, 1.807) is 0 Å². The van der Waals surface area contributed by atoms with Gasteiger partial charge in [-0.1, -0.05) is 0 Å². The number of aliphatic hydroxyl groups excluding tert-OH is 1. The lowest BCUT2D eigenvalue weighted by molar-refractivity contribution is 0.142. The quantitative estimate of drug-likeness (QED) is 0.603. The summed E-state index contributed by atoms with van der Waals surface area (Å²) in [6, 6.07) is 1.24. The molecule has 0 aromatic rings. The van der Waals surface area contributed by atoms with Crippen molar-refractivity contribution >= 4 is 0 Å². The number of hydrogen-bond donors (Lipinski definition) is 2. The number of nitrogens with zero attached hydrogens (tertiary/aromatic N) is 1. The fourth-order valence-electron chi connectivity index (χ4n) is 2.33. The molecule has 3 N–H and O–H groups in total. The summed E-state index contributed by atoms with van der Waals surface area (Å²) in [5.41, 5.74) is 5.61. The van der Waals surface area contributed by atoms with E-state index in [0.717, 1.165) is 12.6 Å². The molecular weight excluding hydrogens is 152 g/mol. The maximum absolute atomic E-state index is 9.68. The Balaban J connectivity index is 2.01. The van der Waals surface area contributed by atoms with Crippen LogP contribution < -0.4 is 5.73 Å². The Labute approximate surface area is 73.5 Å². The molecule has 1 aliphatic carbocycles. The van der Waals surface area contributed by atoms with Gasteiger partial charge in [-0.25, -0.2) is 0 Å². The van der Waals surface area contributed by atoms with Crippen molar-refractivity contribution in [1.29, 1.82) is 0 Å². The summed E-state index contributed by atoms with van der Waals surface area (Å²) in [6.07, 6.45) is 2.44. The number of nitrogens with two attached hydrogens (primary N) is 1. The first kappa shape index (κ1) is 8.48. The second-order valence-electron chi connectivity index (χ2n) is 4.14. The third-order valence-corrected chi connectivity index (χ3v) is 3.32. The first-order valence-corrected chi connectivity index (χ1v) is 4.88. The molecule has 0 bridgehead atoms. The molecule has 3 heteroatoms. The van der Waals surface area contributed by atoms with Gasteiger partial charge in [-0.15, -0.1) is 0 Å². The summed E-state index contributed by atoms with van der Waals surface area (Å²) in [5.74, 6) is 0.297. The molecule has 3 nitrogen and oxygen atoms in total. The maximum Gasteiger partial charge on any atom is 0.0722 e. The molecular formula is C9H18N2O. The summed E-state index contributed by atoms with van der Waals surface area (Å²) in [4.78, 5) is 2.42. The predicted octanol–water partition coefficient (Wildman–Crippen LogP) is -0.211. The van der Waals surface area contributed by atoms with Gasteiger partial charge in [0.2, 0.25) is 0 Å². The zero-order chi connectivity index (χ0) is 8.72. The van der Waals surface area contributed by atoms with E-state index in [2.05, 4.69) is 11.8 Å². The Morgan fingerprint density at radius 1 is 1.50 bits per heavy atom. The number of aliphatic hydroxyl groups is 1. The molecule has 2 fully saturated rings. The van der Waals surface area contributed by atoms with Gasteiger partial charge in [-0.2, -0.15) is 0 Å². The van der Waals surface area contributed by atoms with E-state index in [9.17, 15) is 5.11 Å². The van der Waals surface area contributed by atoms with E-state index in [-0.39, 0.29) is 6.10 Å². The Morgan fingerprint density at radius 2 is 2.17 bits per heavy atom. The zero-order valence-corrected chi connectivity index (χ0v) is 7.61. The van der Waals surface area contributed by atoms with Crippen LogP contribution in [0.4, 0.5) is 0 Å². The second-order valence-corrected chi connectivity index (χ2v) is 4.14. The molecule has 0 radical (unpaired) electrons. The first-order valence-electron chi connectivity index (χ1n) is 4.88. The topological polar surface area (TPSA) is 49.5 Å². The van der Waals surface area contributed by atoms with Crippen molar-refractivity contribution in [2.24, 2.45) is 11.7 Å². The number of hydrogen-bond acceptors (Lipinski definition) is 3. The van der Waals surface area contributed by atoms with Gasteiger partial charge in [0, 0.05) is 24.5 Å². The van der Waals surface area contributed by atoms with Crippen molar-refractivity contribution in [3.8, 4) is 0 Å². The molecule has 0 amide bonds. The fraction of sp³-hybridized carbons (Fsp3) is 1.00. The van der Waals surface area contributed by atoms with E-state index < -0.39 is 0 Å². The van der Waals surface area contributed by atoms with Crippen LogP contribution in [0.25, 0.3) is 0 Å². The van der Waals surface area contributed by atoms with Crippen LogP contribution in [-0.4, -0.2) is 41.3 Å². The summed E-state index contributed by atoms with van der Waals surface area (Å²) in [7, 11) is 0. The molecule has 0 spiro atoms. The second kappa shape index (κ2) is 2.98. The van der Waals surface area contributed by atoms with Crippen LogP contribution in [0.2, 0.25) is 0 Å². The highest BCUT2D eigenvalue weighted by Crippen LogP contribution is 2.35. The zero-order valence-electron chi connectivity index (χ0n) is 7.61. The van der Waals surface area contributed by atoms with Crippen LogP contribution in [0, 0.1) is 5.92 Å². The van der Waals surface area contributed by atoms with Crippen LogP contribution in [-0.2, 0) is 0 Å². The van der Waals surface area contributed by atoms with Crippen molar-refractivity contribution in [2.45, 2.75) is 38.0 Å². The number of rotatable bonds is 2. The first-order chi connectivity index (χ1) is 5.74. The molecule has 2 aliphatic rings. The summed E-state index contributed by atoms with van der Waals surface area (Å²) in [6.45, 7) is 3.64. The van der Waals surface area contributed by atoms with Crippen LogP contribution in [0.3, 0.4) is 0 Å². The fourth-order valence-corrected chi connectivity index (χ4v) is 2.33. The van der Waals surface area contributed by atoms with Gasteiger partial charge < -0.3 is 10.8 Å². The molecule has 70 valence electrons. The third-order valence-electron chi connectivity index (χ3n) is 3.32. The Kier molecular flexibility index (Phi) is 2.10. The van der Waals surface area contributed by atoms with Crippen LogP contribution >= 0.6 is 0 Å². The van der Waals surface area contributed by atoms with Gasteiger partial charge in [0.05, 0.1) is 6.10 Å². The van der Waals surface area contributed by atoms with Gasteiger partial charge in [0.1, 0.15) is 0 Å². The van der Waals surface area contributed by atoms with Gasteiger partial charge in [-0.05, 0) is 26.3 Å². The molecule has 1 aliphatic heterocycles. The van der Waals surface area contributed by atoms with E-state index in [1.807, 2.05) is 0 Å². The third kappa shape index (κ3) is 1.26. The Bertz CT molecular complexity index is 170. The average Bonchev–Trinajstić information content (AvgIpc) is 2.80. The SMILES string of the molecule is CC1C(CN)C(O)CN1C1CC1. The highest BCUT2D eigenvalue weighted by molar-refractivity contribution is 4.98. The standard InChI is InChI=1S/C9H18N2O/c1-6-8(4-10)9(12)5-11(6)7-2-3-7/h6-9,12H,2-5,10H2,1H3. The minimum absolute atomic E-state index is 0.189. The normalized spacial score (nSPS) is 43.8. The monoisotopic (exact) mass is 170 g/mol. The van der Waals surface area contributed by atoms with Gasteiger partial charge in [0.25, 0.3) is 0 Å². The summed E-state index contributed by atoms with van der Waals surface area (Å²) >= 11 is 0. The molecule has 0 aromatic carbocycles. The van der Waals surface area contributed by atoms with E-state index >= 15 is 0 Å². The molecule has 1 heterocycles. The highest BCUT2D eigenvalue weighted by atomic mass is 16.3. The van der Waals surface area contributed by atoms with E-state index in [0.29, 0.717) is 18.5 Å². The van der Waals surface area contributed by atoms with E-state index in [4.69, 9.17) is 5.73 Å². The van der Waals surface area contributed by atoms with Crippen molar-refractivity contribution in [3.63, 3.8) is 0 Å². The van der Waals surface area contributed by atoms with Crippen molar-refractivity contribution in [3.05, 3.63) is 0 Å². The lowest BCUT2D eigenvalue weighted by Gasteiger charge is -2.22. The van der Waals surface area contributed by atoms with Crippen molar-refractivity contribution in [1.82, 2.24) is 4.90 Å². The largest absolute Gasteiger partial charge is 0.391 e. The number of likely N-dealkylation sites (tertiary alicyclic amines) is 1. The molecule has 1 saturated heterocycles.